The fourth-order valence-electron chi connectivity index (χ4n) is 3.80. The number of carbonyl (C=O) groups is 3. The van der Waals surface area contributed by atoms with E-state index in [-0.39, 0.29) is 37.4 Å². The molecule has 2 atom stereocenters. The Kier molecular flexibility index (Phi) is 7.45. The van der Waals surface area contributed by atoms with E-state index in [0.29, 0.717) is 24.3 Å². The summed E-state index contributed by atoms with van der Waals surface area (Å²) in [5.74, 6) is -1.71. The van der Waals surface area contributed by atoms with Gasteiger partial charge in [-0.15, -0.1) is 0 Å². The molecule has 0 unspecified atom stereocenters. The van der Waals surface area contributed by atoms with Crippen LogP contribution in [0.1, 0.15) is 25.3 Å². The lowest BCUT2D eigenvalue weighted by atomic mass is 10.0. The van der Waals surface area contributed by atoms with E-state index < -0.39 is 11.9 Å². The average molecular weight is 435 g/mol. The molecule has 0 aromatic heterocycles. The summed E-state index contributed by atoms with van der Waals surface area (Å²) in [7, 11) is 0. The quantitative estimate of drug-likeness (QED) is 0.624. The summed E-state index contributed by atoms with van der Waals surface area (Å²) in [6, 6.07) is 16.4. The molecule has 2 aromatic carbocycles. The number of nitrogens with one attached hydrogen (secondary N) is 1. The molecule has 3 rings (SSSR count). The Hall–Kier alpha value is -3.86. The van der Waals surface area contributed by atoms with Crippen LogP contribution in [-0.2, 0) is 14.4 Å². The van der Waals surface area contributed by atoms with Crippen molar-refractivity contribution in [3.63, 3.8) is 0 Å². The smallest absolute Gasteiger partial charge is 0.304 e. The molecule has 2 amide bonds. The fourth-order valence-corrected chi connectivity index (χ4v) is 3.80. The zero-order valence-corrected chi connectivity index (χ0v) is 17.8. The van der Waals surface area contributed by atoms with Gasteiger partial charge < -0.3 is 20.1 Å². The average Bonchev–Trinajstić information content (AvgIpc) is 3.07. The van der Waals surface area contributed by atoms with Crippen molar-refractivity contribution < 1.29 is 24.2 Å². The summed E-state index contributed by atoms with van der Waals surface area (Å²) in [6.45, 7) is 2.29. The second-order valence-corrected chi connectivity index (χ2v) is 7.63. The van der Waals surface area contributed by atoms with Gasteiger partial charge in [-0.1, -0.05) is 24.3 Å². The van der Waals surface area contributed by atoms with Crippen LogP contribution in [0.5, 0.6) is 5.75 Å². The minimum Gasteiger partial charge on any atom is -0.491 e. The van der Waals surface area contributed by atoms with Gasteiger partial charge in [0.1, 0.15) is 12.4 Å². The molecule has 8 nitrogen and oxygen atoms in total. The van der Waals surface area contributed by atoms with Gasteiger partial charge in [0.25, 0.3) is 0 Å². The molecule has 2 aromatic rings. The minimum atomic E-state index is -1.04. The minimum absolute atomic E-state index is 0.117. The molecule has 1 aliphatic rings. The van der Waals surface area contributed by atoms with E-state index in [9.17, 15) is 14.4 Å². The number of ether oxygens (including phenoxy) is 1. The maximum atomic E-state index is 12.7. The number of carboxylic acids is 1. The van der Waals surface area contributed by atoms with Gasteiger partial charge >= 0.3 is 5.97 Å². The van der Waals surface area contributed by atoms with Gasteiger partial charge in [0.15, 0.2) is 0 Å². The third-order valence-corrected chi connectivity index (χ3v) is 5.38. The van der Waals surface area contributed by atoms with Gasteiger partial charge in [-0.2, -0.15) is 5.26 Å². The molecule has 166 valence electrons. The van der Waals surface area contributed by atoms with Crippen LogP contribution in [0.4, 0.5) is 0 Å². The first-order valence-corrected chi connectivity index (χ1v) is 10.4. The highest BCUT2D eigenvalue weighted by Crippen LogP contribution is 2.29. The van der Waals surface area contributed by atoms with Crippen molar-refractivity contribution in [2.75, 3.05) is 19.7 Å². The molecule has 0 saturated carbocycles. The first-order chi connectivity index (χ1) is 15.4. The van der Waals surface area contributed by atoms with Crippen LogP contribution in [-0.4, -0.2) is 53.5 Å². The first kappa shape index (κ1) is 22.8. The molecule has 0 bridgehead atoms. The number of amides is 2. The molecule has 0 radical (unpaired) electrons. The zero-order valence-electron chi connectivity index (χ0n) is 17.8. The zero-order chi connectivity index (χ0) is 23.1. The van der Waals surface area contributed by atoms with Crippen molar-refractivity contribution in [3.8, 4) is 22.9 Å². The Morgan fingerprint density at radius 2 is 1.78 bits per heavy atom. The van der Waals surface area contributed by atoms with Crippen LogP contribution in [0, 0.1) is 17.2 Å². The molecule has 8 heteroatoms. The number of likely N-dealkylation sites (tertiary alicyclic amines) is 1. The number of rotatable bonds is 9. The number of hydrogen-bond acceptors (Lipinski definition) is 5. The molecule has 32 heavy (non-hydrogen) atoms. The van der Waals surface area contributed by atoms with Crippen molar-refractivity contribution in [3.05, 3.63) is 54.1 Å². The third-order valence-electron chi connectivity index (χ3n) is 5.38. The molecule has 1 heterocycles. The monoisotopic (exact) mass is 435 g/mol. The first-order valence-electron chi connectivity index (χ1n) is 10.4. The maximum absolute atomic E-state index is 12.7. The molecule has 2 N–H and O–H groups in total. The molecule has 1 fully saturated rings. The van der Waals surface area contributed by atoms with E-state index in [1.54, 1.807) is 19.1 Å². The van der Waals surface area contributed by atoms with E-state index in [4.69, 9.17) is 15.1 Å². The van der Waals surface area contributed by atoms with Crippen LogP contribution in [0.2, 0.25) is 0 Å². The number of aliphatic carboxylic acids is 1. The third kappa shape index (κ3) is 5.64. The topological polar surface area (TPSA) is 120 Å². The number of carbonyl (C=O) groups excluding carboxylic acids is 2. The number of carboxylic acid groups (broad SMARTS) is 1. The van der Waals surface area contributed by atoms with E-state index in [1.165, 1.54) is 4.90 Å². The summed E-state index contributed by atoms with van der Waals surface area (Å²) >= 11 is 0. The number of likely N-dealkylation sites (N-methyl/N-ethyl adjacent to an activating group) is 1. The fraction of sp³-hybridized carbons (Fsp3) is 0.333. The summed E-state index contributed by atoms with van der Waals surface area (Å²) in [4.78, 5) is 37.2. The molecular weight excluding hydrogens is 410 g/mol. The maximum Gasteiger partial charge on any atom is 0.304 e. The SMILES string of the molecule is CCNC(=O)CN1C(=O)[C@H](CC(=O)O)C[C@H]1COc1ccc(-c2ccc(C#N)cc2)cc1. The lowest BCUT2D eigenvalue weighted by Crippen LogP contribution is -2.44. The number of nitriles is 1. The van der Waals surface area contributed by atoms with E-state index in [1.807, 2.05) is 36.4 Å². The Bertz CT molecular complexity index is 1010. The standard InChI is InChI=1S/C24H25N3O5/c1-2-26-22(28)14-27-20(11-19(24(27)31)12-23(29)30)15-32-21-9-7-18(8-10-21)17-5-3-16(13-25)4-6-17/h3-10,19-20H,2,11-12,14-15H2,1H3,(H,26,28)(H,29,30)/t19-,20-/m0/s1. The Balaban J connectivity index is 1.65. The predicted molar refractivity (Wildman–Crippen MR) is 117 cm³/mol. The van der Waals surface area contributed by atoms with Crippen LogP contribution in [0.3, 0.4) is 0 Å². The Morgan fingerprint density at radius 3 is 2.34 bits per heavy atom. The second-order valence-electron chi connectivity index (χ2n) is 7.63. The van der Waals surface area contributed by atoms with Crippen LogP contribution >= 0.6 is 0 Å². The van der Waals surface area contributed by atoms with Gasteiger partial charge in [-0.25, -0.2) is 0 Å². The summed E-state index contributed by atoms with van der Waals surface area (Å²) < 4.78 is 5.87. The highest BCUT2D eigenvalue weighted by atomic mass is 16.5. The van der Waals surface area contributed by atoms with Crippen molar-refractivity contribution in [1.82, 2.24) is 10.2 Å². The lowest BCUT2D eigenvalue weighted by molar-refractivity contribution is -0.143. The highest BCUT2D eigenvalue weighted by Gasteiger charge is 2.41. The number of hydrogen-bond donors (Lipinski definition) is 2. The molecule has 1 aliphatic heterocycles. The van der Waals surface area contributed by atoms with Crippen molar-refractivity contribution in [1.29, 1.82) is 5.26 Å². The van der Waals surface area contributed by atoms with Crippen molar-refractivity contribution in [2.45, 2.75) is 25.8 Å². The van der Waals surface area contributed by atoms with Gasteiger partial charge in [-0.3, -0.25) is 14.4 Å². The summed E-state index contributed by atoms with van der Waals surface area (Å²) in [6.07, 6.45) is 0.0639. The molecule has 1 saturated heterocycles. The van der Waals surface area contributed by atoms with Crippen molar-refractivity contribution >= 4 is 17.8 Å². The normalized spacial score (nSPS) is 17.6. The Morgan fingerprint density at radius 1 is 1.16 bits per heavy atom. The van der Waals surface area contributed by atoms with Gasteiger partial charge in [0, 0.05) is 6.54 Å². The highest BCUT2D eigenvalue weighted by molar-refractivity contribution is 5.89. The van der Waals surface area contributed by atoms with Gasteiger partial charge in [0.2, 0.25) is 11.8 Å². The predicted octanol–water partition coefficient (Wildman–Crippen LogP) is 2.43. The number of nitrogens with zero attached hydrogens (tertiary/aromatic N) is 2. The summed E-state index contributed by atoms with van der Waals surface area (Å²) in [5, 5.41) is 20.7. The van der Waals surface area contributed by atoms with E-state index in [0.717, 1.165) is 11.1 Å². The molecule has 0 aliphatic carbocycles. The number of benzene rings is 2. The van der Waals surface area contributed by atoms with Crippen LogP contribution in [0.25, 0.3) is 11.1 Å². The Labute approximate surface area is 186 Å². The van der Waals surface area contributed by atoms with Gasteiger partial charge in [0.05, 0.1) is 36.6 Å². The van der Waals surface area contributed by atoms with Crippen LogP contribution in [0.15, 0.2) is 48.5 Å². The summed E-state index contributed by atoms with van der Waals surface area (Å²) in [5.41, 5.74) is 2.54. The van der Waals surface area contributed by atoms with E-state index in [2.05, 4.69) is 11.4 Å². The van der Waals surface area contributed by atoms with Crippen molar-refractivity contribution in [2.24, 2.45) is 5.92 Å². The van der Waals surface area contributed by atoms with Crippen LogP contribution < -0.4 is 10.1 Å². The lowest BCUT2D eigenvalue weighted by Gasteiger charge is -2.24. The largest absolute Gasteiger partial charge is 0.491 e. The molecule has 0 spiro atoms. The second kappa shape index (κ2) is 10.4. The van der Waals surface area contributed by atoms with E-state index >= 15 is 0 Å². The van der Waals surface area contributed by atoms with Gasteiger partial charge in [-0.05, 0) is 48.7 Å². The molecular formula is C24H25N3O5.